The van der Waals surface area contributed by atoms with Gasteiger partial charge in [-0.25, -0.2) is 4.39 Å². The first kappa shape index (κ1) is 15.2. The maximum absolute atomic E-state index is 13.3. The lowest BCUT2D eigenvalue weighted by atomic mass is 10.2. The Morgan fingerprint density at radius 1 is 1.18 bits per heavy atom. The lowest BCUT2D eigenvalue weighted by Crippen LogP contribution is -2.49. The maximum Gasteiger partial charge on any atom is 0.265 e. The molecule has 22 heavy (non-hydrogen) atoms. The minimum absolute atomic E-state index is 0.0162. The lowest BCUT2D eigenvalue weighted by Gasteiger charge is -2.34. The molecular weight excluding hydrogens is 327 g/mol. The Labute approximate surface area is 136 Å². The fourth-order valence-corrected chi connectivity index (χ4v) is 4.05. The van der Waals surface area contributed by atoms with Crippen LogP contribution in [0.15, 0.2) is 18.2 Å². The van der Waals surface area contributed by atoms with E-state index in [4.69, 9.17) is 11.6 Å². The van der Waals surface area contributed by atoms with Gasteiger partial charge in [-0.15, -0.1) is 11.3 Å². The van der Waals surface area contributed by atoms with Crippen molar-refractivity contribution in [1.82, 2.24) is 9.80 Å². The summed E-state index contributed by atoms with van der Waals surface area (Å²) in [6, 6.07) is 4.31. The number of amides is 2. The van der Waals surface area contributed by atoms with Gasteiger partial charge in [0.25, 0.3) is 5.91 Å². The minimum atomic E-state index is -0.348. The number of piperazine rings is 1. The van der Waals surface area contributed by atoms with Crippen molar-refractivity contribution in [1.29, 1.82) is 0 Å². The molecule has 7 heteroatoms. The van der Waals surface area contributed by atoms with Gasteiger partial charge in [0.2, 0.25) is 5.91 Å². The van der Waals surface area contributed by atoms with Crippen LogP contribution < -0.4 is 0 Å². The van der Waals surface area contributed by atoms with Crippen molar-refractivity contribution in [3.8, 4) is 0 Å². The van der Waals surface area contributed by atoms with E-state index in [9.17, 15) is 14.0 Å². The highest BCUT2D eigenvalue weighted by molar-refractivity contribution is 7.21. The van der Waals surface area contributed by atoms with E-state index >= 15 is 0 Å². The molecule has 0 atom stereocenters. The van der Waals surface area contributed by atoms with Crippen LogP contribution in [0.4, 0.5) is 4.39 Å². The highest BCUT2D eigenvalue weighted by Gasteiger charge is 2.26. The van der Waals surface area contributed by atoms with E-state index in [1.54, 1.807) is 15.9 Å². The first-order chi connectivity index (χ1) is 10.5. The molecule has 2 amide bonds. The Hall–Kier alpha value is -1.66. The third kappa shape index (κ3) is 2.68. The molecule has 0 unspecified atom stereocenters. The molecular formula is C15H14ClFN2O2S. The van der Waals surface area contributed by atoms with E-state index in [-0.39, 0.29) is 17.6 Å². The van der Waals surface area contributed by atoms with Gasteiger partial charge < -0.3 is 9.80 Å². The fourth-order valence-electron chi connectivity index (χ4n) is 2.54. The van der Waals surface area contributed by atoms with Crippen molar-refractivity contribution >= 4 is 44.8 Å². The van der Waals surface area contributed by atoms with Crippen molar-refractivity contribution in [3.05, 3.63) is 33.9 Å². The monoisotopic (exact) mass is 340 g/mol. The molecule has 1 aliphatic heterocycles. The van der Waals surface area contributed by atoms with Crippen LogP contribution in [0.2, 0.25) is 5.02 Å². The summed E-state index contributed by atoms with van der Waals surface area (Å²) in [5.41, 5.74) is 0. The highest BCUT2D eigenvalue weighted by atomic mass is 35.5. The first-order valence-corrected chi connectivity index (χ1v) is 8.09. The molecule has 116 valence electrons. The smallest absolute Gasteiger partial charge is 0.265 e. The van der Waals surface area contributed by atoms with Crippen LogP contribution in [0.3, 0.4) is 0 Å². The van der Waals surface area contributed by atoms with Gasteiger partial charge in [-0.1, -0.05) is 11.6 Å². The molecule has 0 saturated carbocycles. The third-order valence-corrected chi connectivity index (χ3v) is 5.44. The number of halogens is 2. The molecule has 0 aliphatic carbocycles. The van der Waals surface area contributed by atoms with Crippen molar-refractivity contribution in [2.75, 3.05) is 26.2 Å². The van der Waals surface area contributed by atoms with Crippen molar-refractivity contribution in [2.45, 2.75) is 6.92 Å². The Kier molecular flexibility index (Phi) is 4.06. The summed E-state index contributed by atoms with van der Waals surface area (Å²) in [5.74, 6) is -0.489. The van der Waals surface area contributed by atoms with Gasteiger partial charge in [-0.05, 0) is 18.2 Å². The number of nitrogens with zero attached hydrogens (tertiary/aromatic N) is 2. The standard InChI is InChI=1S/C15H14ClFN2O2S/c1-9(20)18-4-6-19(7-5-18)15(21)14-13(16)11-3-2-10(17)8-12(11)22-14/h2-3,8H,4-7H2,1H3. The quantitative estimate of drug-likeness (QED) is 0.800. The molecule has 0 spiro atoms. The lowest BCUT2D eigenvalue weighted by molar-refractivity contribution is -0.130. The molecule has 0 bridgehead atoms. The summed E-state index contributed by atoms with van der Waals surface area (Å²) >= 11 is 7.48. The fraction of sp³-hybridized carbons (Fsp3) is 0.333. The van der Waals surface area contributed by atoms with E-state index in [2.05, 4.69) is 0 Å². The number of benzene rings is 1. The van der Waals surface area contributed by atoms with Crippen molar-refractivity contribution in [2.24, 2.45) is 0 Å². The van der Waals surface area contributed by atoms with E-state index in [0.29, 0.717) is 46.2 Å². The molecule has 2 heterocycles. The molecule has 0 N–H and O–H groups in total. The Bertz CT molecular complexity index is 753. The van der Waals surface area contributed by atoms with E-state index < -0.39 is 0 Å². The summed E-state index contributed by atoms with van der Waals surface area (Å²) in [6.07, 6.45) is 0. The topological polar surface area (TPSA) is 40.6 Å². The number of fused-ring (bicyclic) bond motifs is 1. The Morgan fingerprint density at radius 3 is 2.45 bits per heavy atom. The van der Waals surface area contributed by atoms with E-state index in [1.165, 1.54) is 30.4 Å². The number of carbonyl (C=O) groups excluding carboxylic acids is 2. The summed E-state index contributed by atoms with van der Waals surface area (Å²) in [6.45, 7) is 3.54. The van der Waals surface area contributed by atoms with E-state index in [0.717, 1.165) is 0 Å². The van der Waals surface area contributed by atoms with Crippen LogP contribution in [-0.2, 0) is 4.79 Å². The van der Waals surface area contributed by atoms with Crippen LogP contribution in [-0.4, -0.2) is 47.8 Å². The van der Waals surface area contributed by atoms with Gasteiger partial charge in [0, 0.05) is 43.2 Å². The first-order valence-electron chi connectivity index (χ1n) is 6.89. The molecule has 1 aliphatic rings. The zero-order valence-electron chi connectivity index (χ0n) is 11.9. The normalized spacial score (nSPS) is 15.4. The number of rotatable bonds is 1. The highest BCUT2D eigenvalue weighted by Crippen LogP contribution is 2.36. The second kappa shape index (κ2) is 5.85. The van der Waals surface area contributed by atoms with Crippen LogP contribution in [0.1, 0.15) is 16.6 Å². The minimum Gasteiger partial charge on any atom is -0.339 e. The Balaban J connectivity index is 1.84. The molecule has 1 aromatic heterocycles. The molecule has 2 aromatic rings. The van der Waals surface area contributed by atoms with Gasteiger partial charge in [0.1, 0.15) is 10.7 Å². The average Bonchev–Trinajstić information content (AvgIpc) is 2.83. The summed E-state index contributed by atoms with van der Waals surface area (Å²) < 4.78 is 13.9. The van der Waals surface area contributed by atoms with Crippen molar-refractivity contribution in [3.63, 3.8) is 0 Å². The molecule has 3 rings (SSSR count). The van der Waals surface area contributed by atoms with Crippen molar-refractivity contribution < 1.29 is 14.0 Å². The van der Waals surface area contributed by atoms with Gasteiger partial charge in [0.15, 0.2) is 0 Å². The predicted octanol–water partition coefficient (Wildman–Crippen LogP) is 3.00. The SMILES string of the molecule is CC(=O)N1CCN(C(=O)c2sc3cc(F)ccc3c2Cl)CC1. The summed E-state index contributed by atoms with van der Waals surface area (Å²) in [7, 11) is 0. The zero-order valence-corrected chi connectivity index (χ0v) is 13.5. The van der Waals surface area contributed by atoms with Gasteiger partial charge in [-0.3, -0.25) is 9.59 Å². The van der Waals surface area contributed by atoms with Gasteiger partial charge in [0.05, 0.1) is 5.02 Å². The summed E-state index contributed by atoms with van der Waals surface area (Å²) in [4.78, 5) is 27.8. The predicted molar refractivity (Wildman–Crippen MR) is 85.0 cm³/mol. The third-order valence-electron chi connectivity index (χ3n) is 3.80. The van der Waals surface area contributed by atoms with E-state index in [1.807, 2.05) is 0 Å². The average molecular weight is 341 g/mol. The summed E-state index contributed by atoms with van der Waals surface area (Å²) in [5, 5.41) is 1.07. The van der Waals surface area contributed by atoms with Gasteiger partial charge in [-0.2, -0.15) is 0 Å². The Morgan fingerprint density at radius 2 is 1.82 bits per heavy atom. The largest absolute Gasteiger partial charge is 0.339 e. The second-order valence-corrected chi connectivity index (χ2v) is 6.61. The van der Waals surface area contributed by atoms with Crippen LogP contribution in [0.25, 0.3) is 10.1 Å². The molecule has 1 aromatic carbocycles. The van der Waals surface area contributed by atoms with Crippen LogP contribution in [0, 0.1) is 5.82 Å². The second-order valence-electron chi connectivity index (χ2n) is 5.18. The number of hydrogen-bond acceptors (Lipinski definition) is 3. The molecule has 1 fully saturated rings. The number of hydrogen-bond donors (Lipinski definition) is 0. The number of carbonyl (C=O) groups is 2. The van der Waals surface area contributed by atoms with Crippen LogP contribution in [0.5, 0.6) is 0 Å². The van der Waals surface area contributed by atoms with Gasteiger partial charge >= 0.3 is 0 Å². The molecule has 1 saturated heterocycles. The van der Waals surface area contributed by atoms with Crippen LogP contribution >= 0.6 is 22.9 Å². The molecule has 0 radical (unpaired) electrons. The number of thiophene rings is 1. The molecule has 4 nitrogen and oxygen atoms in total. The zero-order chi connectivity index (χ0) is 15.9. The maximum atomic E-state index is 13.3.